The first kappa shape index (κ1) is 15.8. The van der Waals surface area contributed by atoms with Crippen LogP contribution in [-0.2, 0) is 6.54 Å². The van der Waals surface area contributed by atoms with Gasteiger partial charge < -0.3 is 25.2 Å². The van der Waals surface area contributed by atoms with Crippen molar-refractivity contribution in [1.29, 1.82) is 0 Å². The summed E-state index contributed by atoms with van der Waals surface area (Å²) >= 11 is 0. The monoisotopic (exact) mass is 268 g/mol. The molecule has 1 rings (SSSR count). The van der Waals surface area contributed by atoms with Gasteiger partial charge in [0.05, 0.1) is 20.8 Å². The number of benzene rings is 1. The third kappa shape index (κ3) is 4.38. The summed E-state index contributed by atoms with van der Waals surface area (Å²) in [6.45, 7) is 3.36. The lowest BCUT2D eigenvalue weighted by molar-refractivity contribution is 0.217. The van der Waals surface area contributed by atoms with Crippen molar-refractivity contribution in [1.82, 2.24) is 4.90 Å². The van der Waals surface area contributed by atoms with Gasteiger partial charge in [0.1, 0.15) is 11.5 Å². The van der Waals surface area contributed by atoms with E-state index in [1.165, 1.54) is 0 Å². The number of nitrogens with two attached hydrogens (primary N) is 1. The summed E-state index contributed by atoms with van der Waals surface area (Å²) in [4.78, 5) is 2.07. The third-order valence-corrected chi connectivity index (χ3v) is 3.07. The molecule has 0 aliphatic heterocycles. The molecule has 108 valence electrons. The zero-order chi connectivity index (χ0) is 14.4. The Hall–Kier alpha value is -1.30. The number of nitrogens with zero attached hydrogens (tertiary/aromatic N) is 1. The minimum Gasteiger partial charge on any atom is -0.497 e. The Bertz CT molecular complexity index is 410. The molecule has 0 amide bonds. The van der Waals surface area contributed by atoms with Crippen LogP contribution in [0.1, 0.15) is 11.1 Å². The van der Waals surface area contributed by atoms with Gasteiger partial charge in [-0.2, -0.15) is 0 Å². The molecule has 19 heavy (non-hydrogen) atoms. The first-order valence-electron chi connectivity index (χ1n) is 6.28. The highest BCUT2D eigenvalue weighted by molar-refractivity contribution is 5.46. The number of rotatable bonds is 7. The molecule has 0 fully saturated rings. The van der Waals surface area contributed by atoms with E-state index in [0.717, 1.165) is 22.6 Å². The molecule has 0 radical (unpaired) electrons. The third-order valence-electron chi connectivity index (χ3n) is 3.07. The van der Waals surface area contributed by atoms with E-state index in [2.05, 4.69) is 4.90 Å². The van der Waals surface area contributed by atoms with Crippen LogP contribution >= 0.6 is 0 Å². The quantitative estimate of drug-likeness (QED) is 0.764. The van der Waals surface area contributed by atoms with Gasteiger partial charge in [-0.3, -0.25) is 0 Å². The van der Waals surface area contributed by atoms with Crippen LogP contribution in [0.25, 0.3) is 0 Å². The maximum absolute atomic E-state index is 8.98. The van der Waals surface area contributed by atoms with Crippen LogP contribution in [0, 0.1) is 6.92 Å². The SMILES string of the molecule is COc1cc(C)c(CN(C)CC(N)CO)c(OC)c1. The fourth-order valence-electron chi connectivity index (χ4n) is 2.05. The van der Waals surface area contributed by atoms with E-state index in [1.54, 1.807) is 14.2 Å². The van der Waals surface area contributed by atoms with Gasteiger partial charge in [-0.15, -0.1) is 0 Å². The second-order valence-corrected chi connectivity index (χ2v) is 4.76. The van der Waals surface area contributed by atoms with Crippen LogP contribution in [0.5, 0.6) is 11.5 Å². The predicted octanol–water partition coefficient (Wildman–Crippen LogP) is 0.764. The summed E-state index contributed by atoms with van der Waals surface area (Å²) in [6.07, 6.45) is 0. The molecule has 1 aromatic carbocycles. The topological polar surface area (TPSA) is 68.0 Å². The van der Waals surface area contributed by atoms with Crippen molar-refractivity contribution in [2.45, 2.75) is 19.5 Å². The molecule has 0 spiro atoms. The van der Waals surface area contributed by atoms with Crippen molar-refractivity contribution in [3.8, 4) is 11.5 Å². The van der Waals surface area contributed by atoms with Crippen molar-refractivity contribution in [2.24, 2.45) is 5.73 Å². The lowest BCUT2D eigenvalue weighted by atomic mass is 10.1. The van der Waals surface area contributed by atoms with Gasteiger partial charge in [0.25, 0.3) is 0 Å². The molecule has 3 N–H and O–H groups in total. The molecule has 0 saturated heterocycles. The molecular weight excluding hydrogens is 244 g/mol. The summed E-state index contributed by atoms with van der Waals surface area (Å²) in [5.74, 6) is 1.59. The van der Waals surface area contributed by atoms with Crippen molar-refractivity contribution in [3.05, 3.63) is 23.3 Å². The second kappa shape index (κ2) is 7.33. The number of hydrogen-bond donors (Lipinski definition) is 2. The summed E-state index contributed by atoms with van der Waals surface area (Å²) in [6, 6.07) is 3.63. The fourth-order valence-corrected chi connectivity index (χ4v) is 2.05. The van der Waals surface area contributed by atoms with Gasteiger partial charge in [-0.25, -0.2) is 0 Å². The van der Waals surface area contributed by atoms with Crippen molar-refractivity contribution < 1.29 is 14.6 Å². The van der Waals surface area contributed by atoms with Crippen LogP contribution < -0.4 is 15.2 Å². The Morgan fingerprint density at radius 3 is 2.53 bits per heavy atom. The number of methoxy groups -OCH3 is 2. The highest BCUT2D eigenvalue weighted by Crippen LogP contribution is 2.29. The largest absolute Gasteiger partial charge is 0.497 e. The summed E-state index contributed by atoms with van der Waals surface area (Å²) in [5, 5.41) is 8.98. The maximum atomic E-state index is 8.98. The van der Waals surface area contributed by atoms with Crippen LogP contribution in [-0.4, -0.2) is 50.5 Å². The number of hydrogen-bond acceptors (Lipinski definition) is 5. The first-order valence-corrected chi connectivity index (χ1v) is 6.28. The molecule has 0 bridgehead atoms. The Balaban J connectivity index is 2.87. The van der Waals surface area contributed by atoms with Crippen molar-refractivity contribution in [3.63, 3.8) is 0 Å². The van der Waals surface area contributed by atoms with Crippen LogP contribution in [0.2, 0.25) is 0 Å². The normalized spacial score (nSPS) is 12.6. The first-order chi connectivity index (χ1) is 9.01. The highest BCUT2D eigenvalue weighted by Gasteiger charge is 2.13. The Kier molecular flexibility index (Phi) is 6.08. The lowest BCUT2D eigenvalue weighted by Gasteiger charge is -2.22. The fraction of sp³-hybridized carbons (Fsp3) is 0.571. The zero-order valence-corrected chi connectivity index (χ0v) is 12.1. The summed E-state index contributed by atoms with van der Waals surface area (Å²) in [7, 11) is 5.26. The minimum atomic E-state index is -0.227. The number of ether oxygens (including phenoxy) is 2. The standard InChI is InChI=1S/C14H24N2O3/c1-10-5-12(18-3)6-14(19-4)13(10)8-16(2)7-11(15)9-17/h5-6,11,17H,7-9,15H2,1-4H3. The smallest absolute Gasteiger partial charge is 0.127 e. The average molecular weight is 268 g/mol. The van der Waals surface area contributed by atoms with Crippen LogP contribution in [0.3, 0.4) is 0 Å². The van der Waals surface area contributed by atoms with E-state index >= 15 is 0 Å². The molecule has 1 aromatic rings. The molecular formula is C14H24N2O3. The van der Waals surface area contributed by atoms with Gasteiger partial charge in [-0.05, 0) is 25.6 Å². The molecule has 0 saturated carbocycles. The van der Waals surface area contributed by atoms with Gasteiger partial charge in [0.15, 0.2) is 0 Å². The van der Waals surface area contributed by atoms with E-state index < -0.39 is 0 Å². The van der Waals surface area contributed by atoms with Crippen molar-refractivity contribution in [2.75, 3.05) is 34.4 Å². The average Bonchev–Trinajstić information content (AvgIpc) is 2.40. The van der Waals surface area contributed by atoms with Crippen molar-refractivity contribution >= 4 is 0 Å². The molecule has 5 heteroatoms. The van der Waals surface area contributed by atoms with Gasteiger partial charge in [0, 0.05) is 30.8 Å². The van der Waals surface area contributed by atoms with Crippen LogP contribution in [0.15, 0.2) is 12.1 Å². The Morgan fingerprint density at radius 1 is 1.32 bits per heavy atom. The Labute approximate surface area is 114 Å². The molecule has 0 aliphatic rings. The number of aliphatic hydroxyl groups excluding tert-OH is 1. The molecule has 5 nitrogen and oxygen atoms in total. The van der Waals surface area contributed by atoms with Crippen LogP contribution in [0.4, 0.5) is 0 Å². The number of aryl methyl sites for hydroxylation is 1. The maximum Gasteiger partial charge on any atom is 0.127 e. The van der Waals surface area contributed by atoms with E-state index in [4.69, 9.17) is 20.3 Å². The van der Waals surface area contributed by atoms with E-state index in [0.29, 0.717) is 13.1 Å². The summed E-state index contributed by atoms with van der Waals surface area (Å²) in [5.41, 5.74) is 7.96. The highest BCUT2D eigenvalue weighted by atomic mass is 16.5. The minimum absolute atomic E-state index is 0.0108. The lowest BCUT2D eigenvalue weighted by Crippen LogP contribution is -2.37. The molecule has 1 atom stereocenters. The second-order valence-electron chi connectivity index (χ2n) is 4.76. The molecule has 0 aromatic heterocycles. The molecule has 0 aliphatic carbocycles. The van der Waals surface area contributed by atoms with E-state index in [1.807, 2.05) is 26.1 Å². The number of aliphatic hydroxyl groups is 1. The van der Waals surface area contributed by atoms with Gasteiger partial charge >= 0.3 is 0 Å². The van der Waals surface area contributed by atoms with Gasteiger partial charge in [-0.1, -0.05) is 0 Å². The van der Waals surface area contributed by atoms with Gasteiger partial charge in [0.2, 0.25) is 0 Å². The van der Waals surface area contributed by atoms with E-state index in [-0.39, 0.29) is 12.6 Å². The zero-order valence-electron chi connectivity index (χ0n) is 12.1. The predicted molar refractivity (Wildman–Crippen MR) is 75.7 cm³/mol. The van der Waals surface area contributed by atoms with E-state index in [9.17, 15) is 0 Å². The number of likely N-dealkylation sites (N-methyl/N-ethyl adjacent to an activating group) is 1. The molecule has 0 heterocycles. The Morgan fingerprint density at radius 2 is 2.00 bits per heavy atom. The molecule has 1 unspecified atom stereocenters. The summed E-state index contributed by atoms with van der Waals surface area (Å²) < 4.78 is 10.6.